The molecule has 0 radical (unpaired) electrons. The van der Waals surface area contributed by atoms with Crippen molar-refractivity contribution in [2.75, 3.05) is 39.1 Å². The van der Waals surface area contributed by atoms with E-state index in [0.29, 0.717) is 37.6 Å². The second kappa shape index (κ2) is 8.73. The summed E-state index contributed by atoms with van der Waals surface area (Å²) in [6.07, 6.45) is 1.71. The lowest BCUT2D eigenvalue weighted by Gasteiger charge is -2.33. The van der Waals surface area contributed by atoms with Crippen LogP contribution in [0.25, 0.3) is 0 Å². The average Bonchev–Trinajstić information content (AvgIpc) is 2.93. The molecule has 2 aromatic rings. The highest BCUT2D eigenvalue weighted by molar-refractivity contribution is 7.90. The summed E-state index contributed by atoms with van der Waals surface area (Å²) < 4.78 is 29.4. The predicted octanol–water partition coefficient (Wildman–Crippen LogP) is 2.90. The van der Waals surface area contributed by atoms with Crippen LogP contribution in [0.3, 0.4) is 0 Å². The van der Waals surface area contributed by atoms with Crippen molar-refractivity contribution >= 4 is 15.7 Å². The van der Waals surface area contributed by atoms with E-state index in [2.05, 4.69) is 24.0 Å². The summed E-state index contributed by atoms with van der Waals surface area (Å²) in [4.78, 5) is 17.6. The van der Waals surface area contributed by atoms with E-state index < -0.39 is 9.84 Å². The summed E-state index contributed by atoms with van der Waals surface area (Å²) in [5.41, 5.74) is 1.98. The molecule has 1 spiro atoms. The first-order valence-electron chi connectivity index (χ1n) is 10.7. The Labute approximate surface area is 184 Å². The van der Waals surface area contributed by atoms with Crippen LogP contribution in [-0.2, 0) is 25.9 Å². The summed E-state index contributed by atoms with van der Waals surface area (Å²) in [6.45, 7) is 6.27. The molecule has 2 aliphatic rings. The number of sulfone groups is 1. The quantitative estimate of drug-likeness (QED) is 0.712. The highest BCUT2D eigenvalue weighted by Gasteiger charge is 2.46. The molecule has 166 valence electrons. The van der Waals surface area contributed by atoms with Crippen molar-refractivity contribution in [3.8, 4) is 0 Å². The molecule has 31 heavy (non-hydrogen) atoms. The molecule has 0 N–H and O–H groups in total. The highest BCUT2D eigenvalue weighted by atomic mass is 32.2. The van der Waals surface area contributed by atoms with Crippen LogP contribution in [-0.4, -0.2) is 63.2 Å². The third kappa shape index (κ3) is 5.00. The van der Waals surface area contributed by atoms with Gasteiger partial charge in [0.25, 0.3) is 0 Å². The molecule has 2 aliphatic heterocycles. The van der Waals surface area contributed by atoms with Gasteiger partial charge in [0, 0.05) is 44.3 Å². The zero-order valence-electron chi connectivity index (χ0n) is 18.2. The third-order valence-corrected chi connectivity index (χ3v) is 7.51. The van der Waals surface area contributed by atoms with Crippen LogP contribution in [0.1, 0.15) is 30.5 Å². The van der Waals surface area contributed by atoms with E-state index in [0.717, 1.165) is 24.2 Å². The maximum absolute atomic E-state index is 13.0. The topological polar surface area (TPSA) is 66.9 Å². The van der Waals surface area contributed by atoms with Gasteiger partial charge in [-0.05, 0) is 30.2 Å². The standard InChI is InChI=1S/C24H30N2O4S/c1-19(21-6-4-3-5-7-21)26-17-24(14-23(26)27)16-25(12-13-30-18-24)15-20-8-10-22(11-9-20)31(2,28)29/h3-11,19H,12-18H2,1-2H3. The van der Waals surface area contributed by atoms with Crippen molar-refractivity contribution in [1.82, 2.24) is 9.80 Å². The predicted molar refractivity (Wildman–Crippen MR) is 119 cm³/mol. The minimum Gasteiger partial charge on any atom is -0.379 e. The maximum Gasteiger partial charge on any atom is 0.223 e. The summed E-state index contributed by atoms with van der Waals surface area (Å²) in [5.74, 6) is 0.180. The lowest BCUT2D eigenvalue weighted by Crippen LogP contribution is -2.40. The Balaban J connectivity index is 1.47. The van der Waals surface area contributed by atoms with Gasteiger partial charge in [-0.3, -0.25) is 9.69 Å². The first-order valence-corrected chi connectivity index (χ1v) is 12.6. The Hall–Kier alpha value is -2.22. The van der Waals surface area contributed by atoms with Crippen molar-refractivity contribution in [2.24, 2.45) is 5.41 Å². The molecular weight excluding hydrogens is 412 g/mol. The number of carbonyl (C=O) groups excluding carboxylic acids is 1. The summed E-state index contributed by atoms with van der Waals surface area (Å²) >= 11 is 0. The number of carbonyl (C=O) groups is 1. The maximum atomic E-state index is 13.0. The summed E-state index contributed by atoms with van der Waals surface area (Å²) in [7, 11) is -3.20. The van der Waals surface area contributed by atoms with Crippen LogP contribution in [0, 0.1) is 5.41 Å². The average molecular weight is 443 g/mol. The van der Waals surface area contributed by atoms with Gasteiger partial charge in [0.05, 0.1) is 24.2 Å². The van der Waals surface area contributed by atoms with E-state index in [9.17, 15) is 13.2 Å². The largest absolute Gasteiger partial charge is 0.379 e. The number of amides is 1. The molecule has 2 fully saturated rings. The van der Waals surface area contributed by atoms with Gasteiger partial charge < -0.3 is 9.64 Å². The Morgan fingerprint density at radius 2 is 1.77 bits per heavy atom. The third-order valence-electron chi connectivity index (χ3n) is 6.38. The lowest BCUT2D eigenvalue weighted by molar-refractivity contribution is -0.129. The molecule has 2 aromatic carbocycles. The van der Waals surface area contributed by atoms with Gasteiger partial charge >= 0.3 is 0 Å². The molecule has 0 bridgehead atoms. The minimum absolute atomic E-state index is 0.0355. The van der Waals surface area contributed by atoms with E-state index >= 15 is 0 Å². The first-order chi connectivity index (χ1) is 14.8. The Bertz CT molecular complexity index is 1020. The zero-order valence-corrected chi connectivity index (χ0v) is 19.0. The number of ether oxygens (including phenoxy) is 1. The van der Waals surface area contributed by atoms with E-state index in [-0.39, 0.29) is 17.4 Å². The Morgan fingerprint density at radius 1 is 1.06 bits per heavy atom. The van der Waals surface area contributed by atoms with Crippen LogP contribution in [0.2, 0.25) is 0 Å². The van der Waals surface area contributed by atoms with E-state index in [1.54, 1.807) is 12.1 Å². The fourth-order valence-corrected chi connectivity index (χ4v) is 5.34. The number of rotatable bonds is 5. The van der Waals surface area contributed by atoms with E-state index in [4.69, 9.17) is 4.74 Å². The van der Waals surface area contributed by atoms with Crippen LogP contribution in [0.5, 0.6) is 0 Å². The molecule has 0 saturated carbocycles. The SMILES string of the molecule is CC(c1ccccc1)N1CC2(COCCN(Cc3ccc(S(C)(=O)=O)cc3)C2)CC1=O. The van der Waals surface area contributed by atoms with Gasteiger partial charge in [0.2, 0.25) is 5.91 Å². The van der Waals surface area contributed by atoms with Crippen molar-refractivity contribution in [1.29, 1.82) is 0 Å². The second-order valence-electron chi connectivity index (χ2n) is 8.96. The smallest absolute Gasteiger partial charge is 0.223 e. The van der Waals surface area contributed by atoms with Gasteiger partial charge in [0.1, 0.15) is 0 Å². The second-order valence-corrected chi connectivity index (χ2v) is 11.0. The van der Waals surface area contributed by atoms with Gasteiger partial charge in [-0.15, -0.1) is 0 Å². The fourth-order valence-electron chi connectivity index (χ4n) is 4.71. The van der Waals surface area contributed by atoms with Crippen LogP contribution >= 0.6 is 0 Å². The minimum atomic E-state index is -3.20. The van der Waals surface area contributed by atoms with Gasteiger partial charge in [0.15, 0.2) is 9.84 Å². The molecule has 1 amide bonds. The van der Waals surface area contributed by atoms with Crippen LogP contribution in [0.4, 0.5) is 0 Å². The number of hydrogen-bond acceptors (Lipinski definition) is 5. The molecule has 6 nitrogen and oxygen atoms in total. The Morgan fingerprint density at radius 3 is 2.45 bits per heavy atom. The number of nitrogens with zero attached hydrogens (tertiary/aromatic N) is 2. The van der Waals surface area contributed by atoms with Gasteiger partial charge in [-0.2, -0.15) is 0 Å². The molecule has 2 saturated heterocycles. The Kier molecular flexibility index (Phi) is 6.19. The molecule has 4 rings (SSSR count). The summed E-state index contributed by atoms with van der Waals surface area (Å²) in [5, 5.41) is 0. The van der Waals surface area contributed by atoms with Gasteiger partial charge in [-0.1, -0.05) is 42.5 Å². The molecule has 7 heteroatoms. The molecule has 2 atom stereocenters. The van der Waals surface area contributed by atoms with Gasteiger partial charge in [-0.25, -0.2) is 8.42 Å². The molecule has 0 aromatic heterocycles. The van der Waals surface area contributed by atoms with Crippen molar-refractivity contribution < 1.29 is 17.9 Å². The van der Waals surface area contributed by atoms with E-state index in [1.165, 1.54) is 6.26 Å². The van der Waals surface area contributed by atoms with Crippen molar-refractivity contribution in [3.05, 3.63) is 65.7 Å². The molecule has 0 aliphatic carbocycles. The first kappa shape index (κ1) is 22.0. The van der Waals surface area contributed by atoms with Crippen LogP contribution in [0.15, 0.2) is 59.5 Å². The molecule has 2 unspecified atom stereocenters. The zero-order chi connectivity index (χ0) is 22.1. The number of benzene rings is 2. The summed E-state index contributed by atoms with van der Waals surface area (Å²) in [6, 6.07) is 17.3. The van der Waals surface area contributed by atoms with Crippen LogP contribution < -0.4 is 0 Å². The molecular formula is C24H30N2O4S. The number of likely N-dealkylation sites (tertiary alicyclic amines) is 1. The molecule has 2 heterocycles. The monoisotopic (exact) mass is 442 g/mol. The number of hydrogen-bond donors (Lipinski definition) is 0. The van der Waals surface area contributed by atoms with Crippen molar-refractivity contribution in [3.63, 3.8) is 0 Å². The normalized spacial score (nSPS) is 23.8. The van der Waals surface area contributed by atoms with Crippen molar-refractivity contribution in [2.45, 2.75) is 30.8 Å². The highest BCUT2D eigenvalue weighted by Crippen LogP contribution is 2.38. The lowest BCUT2D eigenvalue weighted by atomic mass is 9.87. The van der Waals surface area contributed by atoms with E-state index in [1.807, 2.05) is 35.2 Å². The fraction of sp³-hybridized carbons (Fsp3) is 0.458.